The van der Waals surface area contributed by atoms with Gasteiger partial charge in [-0.2, -0.15) is 13.2 Å². The number of ether oxygens (including phenoxy) is 1. The fraction of sp³-hybridized carbons (Fsp3) is 0.211. The summed E-state index contributed by atoms with van der Waals surface area (Å²) in [5.41, 5.74) is 0.640. The van der Waals surface area contributed by atoms with Crippen molar-refractivity contribution in [3.05, 3.63) is 69.7 Å². The number of halogens is 5. The molecule has 29 heavy (non-hydrogen) atoms. The van der Waals surface area contributed by atoms with Crippen molar-refractivity contribution in [1.29, 1.82) is 0 Å². The van der Waals surface area contributed by atoms with Crippen LogP contribution in [0.4, 0.5) is 19.0 Å². The van der Waals surface area contributed by atoms with Gasteiger partial charge in [-0.1, -0.05) is 35.3 Å². The number of benzene rings is 1. The molecule has 2 heterocycles. The molecule has 3 rings (SSSR count). The lowest BCUT2D eigenvalue weighted by atomic mass is 10.1. The Morgan fingerprint density at radius 1 is 1.07 bits per heavy atom. The second-order valence-electron chi connectivity index (χ2n) is 6.17. The topological polar surface area (TPSA) is 59.9 Å². The number of hydrogen-bond acceptors (Lipinski definition) is 5. The molecule has 3 aromatic rings. The van der Waals surface area contributed by atoms with E-state index in [1.54, 1.807) is 31.2 Å². The maximum Gasteiger partial charge on any atom is 0.417 e. The molecule has 1 N–H and O–H groups in total. The van der Waals surface area contributed by atoms with Crippen LogP contribution in [0.5, 0.6) is 11.6 Å². The molecule has 0 saturated carbocycles. The Kier molecular flexibility index (Phi) is 6.14. The summed E-state index contributed by atoms with van der Waals surface area (Å²) >= 11 is 12.1. The van der Waals surface area contributed by atoms with Gasteiger partial charge in [-0.05, 0) is 37.6 Å². The number of aromatic nitrogens is 3. The van der Waals surface area contributed by atoms with Crippen LogP contribution in [-0.2, 0) is 6.18 Å². The van der Waals surface area contributed by atoms with Crippen LogP contribution >= 0.6 is 23.2 Å². The van der Waals surface area contributed by atoms with E-state index in [-0.39, 0.29) is 16.9 Å². The van der Waals surface area contributed by atoms with Gasteiger partial charge >= 0.3 is 6.18 Å². The lowest BCUT2D eigenvalue weighted by Crippen LogP contribution is -2.09. The van der Waals surface area contributed by atoms with Gasteiger partial charge in [0.1, 0.15) is 27.9 Å². The molecule has 0 aliphatic rings. The highest BCUT2D eigenvalue weighted by Gasteiger charge is 2.31. The molecule has 1 atom stereocenters. The Morgan fingerprint density at radius 2 is 1.76 bits per heavy atom. The average Bonchev–Trinajstić information content (AvgIpc) is 2.67. The van der Waals surface area contributed by atoms with Crippen molar-refractivity contribution >= 4 is 29.0 Å². The number of nitrogens with zero attached hydrogens (tertiary/aromatic N) is 3. The van der Waals surface area contributed by atoms with Crippen molar-refractivity contribution in [2.24, 2.45) is 0 Å². The molecule has 10 heteroatoms. The van der Waals surface area contributed by atoms with E-state index in [1.165, 1.54) is 6.33 Å². The van der Waals surface area contributed by atoms with Gasteiger partial charge in [0.15, 0.2) is 0 Å². The highest BCUT2D eigenvalue weighted by atomic mass is 35.5. The van der Waals surface area contributed by atoms with Gasteiger partial charge in [0.25, 0.3) is 0 Å². The van der Waals surface area contributed by atoms with Crippen molar-refractivity contribution in [1.82, 2.24) is 15.0 Å². The average molecular weight is 443 g/mol. The molecule has 0 saturated heterocycles. The molecule has 1 aromatic carbocycles. The van der Waals surface area contributed by atoms with Crippen LogP contribution in [0.2, 0.25) is 10.0 Å². The zero-order valence-corrected chi connectivity index (χ0v) is 16.8. The number of pyridine rings is 1. The fourth-order valence-electron chi connectivity index (χ4n) is 2.44. The number of aryl methyl sites for hydroxylation is 1. The van der Waals surface area contributed by atoms with E-state index in [2.05, 4.69) is 20.3 Å². The zero-order valence-electron chi connectivity index (χ0n) is 15.3. The number of anilines is 1. The van der Waals surface area contributed by atoms with E-state index in [9.17, 15) is 13.2 Å². The molecule has 0 aliphatic carbocycles. The van der Waals surface area contributed by atoms with Crippen LogP contribution in [0.3, 0.4) is 0 Å². The van der Waals surface area contributed by atoms with Crippen LogP contribution in [0.1, 0.15) is 29.8 Å². The van der Waals surface area contributed by atoms with E-state index in [0.717, 1.165) is 11.6 Å². The quantitative estimate of drug-likeness (QED) is 0.490. The fourth-order valence-corrected chi connectivity index (χ4v) is 2.80. The summed E-state index contributed by atoms with van der Waals surface area (Å²) in [6.07, 6.45) is -2.42. The minimum absolute atomic E-state index is 0.109. The minimum atomic E-state index is -4.52. The first kappa shape index (κ1) is 21.1. The Bertz CT molecular complexity index is 1010. The molecule has 0 bridgehead atoms. The van der Waals surface area contributed by atoms with Crippen molar-refractivity contribution in [3.8, 4) is 11.6 Å². The highest BCUT2D eigenvalue weighted by Crippen LogP contribution is 2.35. The third-order valence-corrected chi connectivity index (χ3v) is 4.77. The molecule has 2 aromatic heterocycles. The van der Waals surface area contributed by atoms with Crippen LogP contribution in [-0.4, -0.2) is 15.0 Å². The Labute approximate surface area is 174 Å². The maximum absolute atomic E-state index is 12.7. The molecule has 152 valence electrons. The standard InChI is InChI=1S/C19H15Cl2F3N4O/c1-10(28-17-16(21)11(2)26-9-27-17)12-3-5-14(6-4-12)29-18-15(20)7-13(8-25-18)19(22,23)24/h3-10H,1-2H3,(H,26,27,28). The summed E-state index contributed by atoms with van der Waals surface area (Å²) in [7, 11) is 0. The predicted octanol–water partition coefficient (Wildman–Crippen LogP) is 6.47. The molecular formula is C19H15Cl2F3N4O. The van der Waals surface area contributed by atoms with E-state index in [1.807, 2.05) is 6.92 Å². The second kappa shape index (κ2) is 8.42. The third-order valence-electron chi connectivity index (χ3n) is 4.05. The van der Waals surface area contributed by atoms with E-state index < -0.39 is 11.7 Å². The first-order chi connectivity index (χ1) is 13.6. The summed E-state index contributed by atoms with van der Waals surface area (Å²) < 4.78 is 43.6. The molecule has 0 amide bonds. The predicted molar refractivity (Wildman–Crippen MR) is 105 cm³/mol. The highest BCUT2D eigenvalue weighted by molar-refractivity contribution is 6.33. The van der Waals surface area contributed by atoms with Crippen LogP contribution in [0, 0.1) is 6.92 Å². The molecule has 0 fully saturated rings. The second-order valence-corrected chi connectivity index (χ2v) is 6.95. The first-order valence-corrected chi connectivity index (χ1v) is 9.15. The Morgan fingerprint density at radius 3 is 2.38 bits per heavy atom. The van der Waals surface area contributed by atoms with Gasteiger partial charge in [0.2, 0.25) is 5.88 Å². The van der Waals surface area contributed by atoms with Gasteiger partial charge in [0, 0.05) is 12.2 Å². The Balaban J connectivity index is 1.71. The minimum Gasteiger partial charge on any atom is -0.438 e. The molecule has 1 unspecified atom stereocenters. The lowest BCUT2D eigenvalue weighted by molar-refractivity contribution is -0.137. The summed E-state index contributed by atoms with van der Waals surface area (Å²) in [4.78, 5) is 11.8. The molecule has 5 nitrogen and oxygen atoms in total. The summed E-state index contributed by atoms with van der Waals surface area (Å²) in [6.45, 7) is 3.71. The summed E-state index contributed by atoms with van der Waals surface area (Å²) in [6, 6.07) is 7.58. The third kappa shape index (κ3) is 5.07. The van der Waals surface area contributed by atoms with Crippen LogP contribution < -0.4 is 10.1 Å². The summed E-state index contributed by atoms with van der Waals surface area (Å²) in [5, 5.41) is 3.42. The number of alkyl halides is 3. The van der Waals surface area contributed by atoms with Crippen molar-refractivity contribution in [2.45, 2.75) is 26.1 Å². The maximum atomic E-state index is 12.7. The Hall–Kier alpha value is -2.58. The molecular weight excluding hydrogens is 428 g/mol. The SMILES string of the molecule is Cc1ncnc(NC(C)c2ccc(Oc3ncc(C(F)(F)F)cc3Cl)cc2)c1Cl. The van der Waals surface area contributed by atoms with Gasteiger partial charge in [-0.3, -0.25) is 0 Å². The van der Waals surface area contributed by atoms with Crippen LogP contribution in [0.15, 0.2) is 42.9 Å². The van der Waals surface area contributed by atoms with Crippen molar-refractivity contribution in [3.63, 3.8) is 0 Å². The van der Waals surface area contributed by atoms with Crippen molar-refractivity contribution < 1.29 is 17.9 Å². The summed E-state index contributed by atoms with van der Waals surface area (Å²) in [5.74, 6) is 0.792. The molecule has 0 aliphatic heterocycles. The van der Waals surface area contributed by atoms with Gasteiger partial charge < -0.3 is 10.1 Å². The largest absolute Gasteiger partial charge is 0.438 e. The monoisotopic (exact) mass is 442 g/mol. The van der Waals surface area contributed by atoms with Crippen LogP contribution in [0.25, 0.3) is 0 Å². The number of rotatable bonds is 5. The van der Waals surface area contributed by atoms with Crippen molar-refractivity contribution in [2.75, 3.05) is 5.32 Å². The van der Waals surface area contributed by atoms with E-state index >= 15 is 0 Å². The molecule has 0 radical (unpaired) electrons. The van der Waals surface area contributed by atoms with E-state index in [0.29, 0.717) is 28.5 Å². The van der Waals surface area contributed by atoms with Gasteiger partial charge in [-0.25, -0.2) is 15.0 Å². The smallest absolute Gasteiger partial charge is 0.417 e. The first-order valence-electron chi connectivity index (χ1n) is 8.39. The van der Waals surface area contributed by atoms with Gasteiger partial charge in [0.05, 0.1) is 11.3 Å². The zero-order chi connectivity index (χ0) is 21.2. The van der Waals surface area contributed by atoms with E-state index in [4.69, 9.17) is 27.9 Å². The van der Waals surface area contributed by atoms with Gasteiger partial charge in [-0.15, -0.1) is 0 Å². The number of hydrogen-bond donors (Lipinski definition) is 1. The number of nitrogens with one attached hydrogen (secondary N) is 1. The molecule has 0 spiro atoms. The normalized spacial score (nSPS) is 12.5. The lowest BCUT2D eigenvalue weighted by Gasteiger charge is -2.17.